The molecule has 0 atom stereocenters. The average molecular weight is 233 g/mol. The third-order valence-electron chi connectivity index (χ3n) is 2.33. The molecule has 2 aromatic rings. The van der Waals surface area contributed by atoms with E-state index in [9.17, 15) is 0 Å². The van der Waals surface area contributed by atoms with E-state index >= 15 is 0 Å². The van der Waals surface area contributed by atoms with Crippen molar-refractivity contribution in [1.82, 2.24) is 4.98 Å². The van der Waals surface area contributed by atoms with Crippen LogP contribution in [0, 0.1) is 6.92 Å². The number of anilines is 2. The first-order valence-electron chi connectivity index (χ1n) is 5.13. The van der Waals surface area contributed by atoms with E-state index in [1.165, 1.54) is 5.56 Å². The highest BCUT2D eigenvalue weighted by atomic mass is 32.1. The topological polar surface area (TPSA) is 42.1 Å². The third-order valence-corrected chi connectivity index (χ3v) is 3.41. The molecule has 0 saturated carbocycles. The molecule has 0 aliphatic heterocycles. The molecular weight excluding hydrogens is 218 g/mol. The summed E-state index contributed by atoms with van der Waals surface area (Å²) in [5.41, 5.74) is 8.76. The predicted molar refractivity (Wildman–Crippen MR) is 69.8 cm³/mol. The van der Waals surface area contributed by atoms with Crippen molar-refractivity contribution in [3.05, 3.63) is 40.9 Å². The van der Waals surface area contributed by atoms with Crippen molar-refractivity contribution in [2.24, 2.45) is 0 Å². The van der Waals surface area contributed by atoms with Gasteiger partial charge in [0.2, 0.25) is 0 Å². The molecule has 84 valence electrons. The summed E-state index contributed by atoms with van der Waals surface area (Å²) in [5, 5.41) is 3.11. The fourth-order valence-electron chi connectivity index (χ4n) is 1.48. The number of hydrogen-bond acceptors (Lipinski definition) is 4. The van der Waals surface area contributed by atoms with Crippen LogP contribution in [0.3, 0.4) is 0 Å². The summed E-state index contributed by atoms with van der Waals surface area (Å²) in [7, 11) is 2.05. The molecular formula is C12H15N3S. The van der Waals surface area contributed by atoms with E-state index in [4.69, 9.17) is 5.73 Å². The Hall–Kier alpha value is -1.55. The number of nitrogens with two attached hydrogens (primary N) is 1. The van der Waals surface area contributed by atoms with Crippen LogP contribution in [0.4, 0.5) is 10.8 Å². The molecule has 0 saturated heterocycles. The molecule has 0 bridgehead atoms. The standard InChI is InChI=1S/C12H15N3S/c1-9-8-16-12(14-9)15(2)7-10-3-5-11(13)6-4-10/h3-6,8H,7,13H2,1-2H3. The van der Waals surface area contributed by atoms with Crippen molar-refractivity contribution in [2.75, 3.05) is 17.7 Å². The van der Waals surface area contributed by atoms with Gasteiger partial charge in [-0.05, 0) is 24.6 Å². The molecule has 1 heterocycles. The highest BCUT2D eigenvalue weighted by Gasteiger charge is 2.05. The summed E-state index contributed by atoms with van der Waals surface area (Å²) in [6.45, 7) is 2.87. The molecule has 2 N–H and O–H groups in total. The van der Waals surface area contributed by atoms with Crippen molar-refractivity contribution < 1.29 is 0 Å². The zero-order valence-corrected chi connectivity index (χ0v) is 10.3. The van der Waals surface area contributed by atoms with Gasteiger partial charge in [-0.2, -0.15) is 0 Å². The first kappa shape index (κ1) is 11.0. The molecule has 0 radical (unpaired) electrons. The zero-order valence-electron chi connectivity index (χ0n) is 9.47. The fourth-order valence-corrected chi connectivity index (χ4v) is 2.25. The lowest BCUT2D eigenvalue weighted by Crippen LogP contribution is -2.16. The quantitative estimate of drug-likeness (QED) is 0.829. The van der Waals surface area contributed by atoms with Gasteiger partial charge in [-0.15, -0.1) is 11.3 Å². The SMILES string of the molecule is Cc1csc(N(C)Cc2ccc(N)cc2)n1. The maximum Gasteiger partial charge on any atom is 0.185 e. The van der Waals surface area contributed by atoms with Crippen LogP contribution in [0.25, 0.3) is 0 Å². The van der Waals surface area contributed by atoms with Crippen molar-refractivity contribution in [3.8, 4) is 0 Å². The molecule has 0 fully saturated rings. The minimum atomic E-state index is 0.802. The van der Waals surface area contributed by atoms with Gasteiger partial charge >= 0.3 is 0 Å². The second kappa shape index (κ2) is 4.53. The Kier molecular flexibility index (Phi) is 3.10. The van der Waals surface area contributed by atoms with Crippen molar-refractivity contribution >= 4 is 22.2 Å². The summed E-state index contributed by atoms with van der Waals surface area (Å²) in [6, 6.07) is 7.95. The Bertz CT molecular complexity index is 461. The van der Waals surface area contributed by atoms with E-state index < -0.39 is 0 Å². The van der Waals surface area contributed by atoms with Gasteiger partial charge in [-0.1, -0.05) is 12.1 Å². The van der Waals surface area contributed by atoms with Crippen LogP contribution in [0.2, 0.25) is 0 Å². The summed E-state index contributed by atoms with van der Waals surface area (Å²) in [4.78, 5) is 6.59. The van der Waals surface area contributed by atoms with Crippen LogP contribution in [-0.4, -0.2) is 12.0 Å². The van der Waals surface area contributed by atoms with Gasteiger partial charge in [0.05, 0.1) is 5.69 Å². The highest BCUT2D eigenvalue weighted by molar-refractivity contribution is 7.13. The van der Waals surface area contributed by atoms with E-state index in [1.807, 2.05) is 31.2 Å². The number of benzene rings is 1. The average Bonchev–Trinajstić information content (AvgIpc) is 2.68. The highest BCUT2D eigenvalue weighted by Crippen LogP contribution is 2.20. The molecule has 0 spiro atoms. The van der Waals surface area contributed by atoms with E-state index in [-0.39, 0.29) is 0 Å². The maximum absolute atomic E-state index is 5.65. The number of nitrogen functional groups attached to an aromatic ring is 1. The third kappa shape index (κ3) is 2.52. The number of aromatic nitrogens is 1. The molecule has 0 aliphatic carbocycles. The maximum atomic E-state index is 5.65. The Morgan fingerprint density at radius 3 is 2.56 bits per heavy atom. The summed E-state index contributed by atoms with van der Waals surface area (Å²) >= 11 is 1.67. The zero-order chi connectivity index (χ0) is 11.5. The van der Waals surface area contributed by atoms with Crippen LogP contribution in [0.1, 0.15) is 11.3 Å². The fraction of sp³-hybridized carbons (Fsp3) is 0.250. The van der Waals surface area contributed by atoms with E-state index in [2.05, 4.69) is 22.3 Å². The van der Waals surface area contributed by atoms with Crippen LogP contribution in [0.5, 0.6) is 0 Å². The number of thiazole rings is 1. The first-order valence-corrected chi connectivity index (χ1v) is 6.01. The van der Waals surface area contributed by atoms with Crippen LogP contribution in [-0.2, 0) is 6.54 Å². The van der Waals surface area contributed by atoms with Gasteiger partial charge in [0.1, 0.15) is 0 Å². The summed E-state index contributed by atoms with van der Waals surface area (Å²) < 4.78 is 0. The van der Waals surface area contributed by atoms with Gasteiger partial charge in [-0.25, -0.2) is 4.98 Å². The van der Waals surface area contributed by atoms with Crippen molar-refractivity contribution in [3.63, 3.8) is 0 Å². The Balaban J connectivity index is 2.07. The largest absolute Gasteiger partial charge is 0.399 e. The Morgan fingerprint density at radius 2 is 2.00 bits per heavy atom. The molecule has 4 heteroatoms. The van der Waals surface area contributed by atoms with Crippen LogP contribution in [0.15, 0.2) is 29.6 Å². The number of hydrogen-bond donors (Lipinski definition) is 1. The number of nitrogens with zero attached hydrogens (tertiary/aromatic N) is 2. The lowest BCUT2D eigenvalue weighted by molar-refractivity contribution is 0.911. The molecule has 0 unspecified atom stereocenters. The second-order valence-electron chi connectivity index (χ2n) is 3.87. The van der Waals surface area contributed by atoms with Crippen molar-refractivity contribution in [1.29, 1.82) is 0 Å². The normalized spacial score (nSPS) is 10.4. The van der Waals surface area contributed by atoms with Gasteiger partial charge in [0, 0.05) is 24.7 Å². The van der Waals surface area contributed by atoms with Gasteiger partial charge in [0.25, 0.3) is 0 Å². The molecule has 1 aromatic carbocycles. The van der Waals surface area contributed by atoms with Gasteiger partial charge in [0.15, 0.2) is 5.13 Å². The first-order chi connectivity index (χ1) is 7.65. The minimum absolute atomic E-state index is 0.802. The van der Waals surface area contributed by atoms with Crippen molar-refractivity contribution in [2.45, 2.75) is 13.5 Å². The monoisotopic (exact) mass is 233 g/mol. The van der Waals surface area contributed by atoms with Gasteiger partial charge < -0.3 is 10.6 Å². The van der Waals surface area contributed by atoms with E-state index in [0.29, 0.717) is 0 Å². The number of rotatable bonds is 3. The lowest BCUT2D eigenvalue weighted by atomic mass is 10.2. The van der Waals surface area contributed by atoms with E-state index in [1.54, 1.807) is 11.3 Å². The lowest BCUT2D eigenvalue weighted by Gasteiger charge is -2.15. The molecule has 0 aliphatic rings. The summed E-state index contributed by atoms with van der Waals surface area (Å²) in [6.07, 6.45) is 0. The Labute approximate surface area is 99.5 Å². The number of aryl methyl sites for hydroxylation is 1. The molecule has 1 aromatic heterocycles. The smallest absolute Gasteiger partial charge is 0.185 e. The summed E-state index contributed by atoms with van der Waals surface area (Å²) in [5.74, 6) is 0. The predicted octanol–water partition coefficient (Wildman–Crippen LogP) is 2.67. The second-order valence-corrected chi connectivity index (χ2v) is 4.71. The molecule has 0 amide bonds. The molecule has 2 rings (SSSR count). The van der Waals surface area contributed by atoms with Crippen LogP contribution >= 0.6 is 11.3 Å². The molecule has 16 heavy (non-hydrogen) atoms. The molecule has 3 nitrogen and oxygen atoms in total. The van der Waals surface area contributed by atoms with Crippen LogP contribution < -0.4 is 10.6 Å². The van der Waals surface area contributed by atoms with E-state index in [0.717, 1.165) is 23.1 Å². The minimum Gasteiger partial charge on any atom is -0.399 e. The Morgan fingerprint density at radius 1 is 1.31 bits per heavy atom. The van der Waals surface area contributed by atoms with Gasteiger partial charge in [-0.3, -0.25) is 0 Å².